The molecule has 1 aliphatic carbocycles. The molecule has 12 heavy (non-hydrogen) atoms. The molecule has 0 spiro atoms. The number of hydrogen-bond donors (Lipinski definition) is 0. The fourth-order valence-corrected chi connectivity index (χ4v) is 1.29. The SMILES string of the molecule is CCOC(=O)CC(OC)C1CC1. The fourth-order valence-electron chi connectivity index (χ4n) is 1.29. The van der Waals surface area contributed by atoms with Gasteiger partial charge in [-0.1, -0.05) is 0 Å². The highest BCUT2D eigenvalue weighted by Gasteiger charge is 2.32. The van der Waals surface area contributed by atoms with E-state index < -0.39 is 0 Å². The molecule has 0 aliphatic heterocycles. The Labute approximate surface area is 73.0 Å². The molecule has 1 atom stereocenters. The third-order valence-electron chi connectivity index (χ3n) is 2.12. The third kappa shape index (κ3) is 2.81. The van der Waals surface area contributed by atoms with Crippen molar-refractivity contribution in [2.75, 3.05) is 13.7 Å². The highest BCUT2D eigenvalue weighted by atomic mass is 16.5. The van der Waals surface area contributed by atoms with Gasteiger partial charge in [0.2, 0.25) is 0 Å². The number of rotatable bonds is 5. The molecular formula is C9H16O3. The van der Waals surface area contributed by atoms with Crippen LogP contribution in [0.25, 0.3) is 0 Å². The summed E-state index contributed by atoms with van der Waals surface area (Å²) in [4.78, 5) is 11.0. The molecule has 3 heteroatoms. The Kier molecular flexibility index (Phi) is 3.53. The van der Waals surface area contributed by atoms with Crippen LogP contribution in [-0.2, 0) is 14.3 Å². The molecule has 1 aliphatic rings. The molecule has 1 unspecified atom stereocenters. The van der Waals surface area contributed by atoms with Gasteiger partial charge in [-0.3, -0.25) is 4.79 Å². The minimum Gasteiger partial charge on any atom is -0.466 e. The standard InChI is InChI=1S/C9H16O3/c1-3-12-9(10)6-8(11-2)7-4-5-7/h7-8H,3-6H2,1-2H3. The van der Waals surface area contributed by atoms with E-state index in [0.717, 1.165) is 0 Å². The smallest absolute Gasteiger partial charge is 0.308 e. The summed E-state index contributed by atoms with van der Waals surface area (Å²) in [6.07, 6.45) is 2.88. The summed E-state index contributed by atoms with van der Waals surface area (Å²) >= 11 is 0. The van der Waals surface area contributed by atoms with Crippen LogP contribution in [0.4, 0.5) is 0 Å². The Hall–Kier alpha value is -0.570. The van der Waals surface area contributed by atoms with Crippen molar-refractivity contribution < 1.29 is 14.3 Å². The number of hydrogen-bond acceptors (Lipinski definition) is 3. The Morgan fingerprint density at radius 1 is 1.58 bits per heavy atom. The minimum atomic E-state index is -0.142. The summed E-state index contributed by atoms with van der Waals surface area (Å²) in [6, 6.07) is 0. The van der Waals surface area contributed by atoms with E-state index in [4.69, 9.17) is 9.47 Å². The van der Waals surface area contributed by atoms with Crippen molar-refractivity contribution in [2.24, 2.45) is 5.92 Å². The van der Waals surface area contributed by atoms with Gasteiger partial charge in [-0.15, -0.1) is 0 Å². The van der Waals surface area contributed by atoms with Gasteiger partial charge in [0.1, 0.15) is 0 Å². The van der Waals surface area contributed by atoms with Crippen molar-refractivity contribution in [3.8, 4) is 0 Å². The van der Waals surface area contributed by atoms with Crippen LogP contribution in [-0.4, -0.2) is 25.8 Å². The number of ether oxygens (including phenoxy) is 2. The van der Waals surface area contributed by atoms with Gasteiger partial charge < -0.3 is 9.47 Å². The van der Waals surface area contributed by atoms with E-state index in [1.165, 1.54) is 12.8 Å². The quantitative estimate of drug-likeness (QED) is 0.587. The Morgan fingerprint density at radius 3 is 2.67 bits per heavy atom. The van der Waals surface area contributed by atoms with E-state index in [0.29, 0.717) is 18.9 Å². The summed E-state index contributed by atoms with van der Waals surface area (Å²) in [7, 11) is 1.65. The van der Waals surface area contributed by atoms with E-state index in [9.17, 15) is 4.79 Å². The van der Waals surface area contributed by atoms with Crippen LogP contribution in [0.3, 0.4) is 0 Å². The molecule has 1 saturated carbocycles. The average molecular weight is 172 g/mol. The second-order valence-electron chi connectivity index (χ2n) is 3.12. The van der Waals surface area contributed by atoms with E-state index >= 15 is 0 Å². The van der Waals surface area contributed by atoms with E-state index in [-0.39, 0.29) is 12.1 Å². The molecule has 3 nitrogen and oxygen atoms in total. The van der Waals surface area contributed by atoms with Crippen molar-refractivity contribution in [1.29, 1.82) is 0 Å². The Balaban J connectivity index is 2.21. The molecule has 0 saturated heterocycles. The van der Waals surface area contributed by atoms with Crippen molar-refractivity contribution in [3.05, 3.63) is 0 Å². The zero-order chi connectivity index (χ0) is 8.97. The molecule has 0 aromatic carbocycles. The lowest BCUT2D eigenvalue weighted by atomic mass is 10.2. The maximum absolute atomic E-state index is 11.0. The summed E-state index contributed by atoms with van der Waals surface area (Å²) in [5.74, 6) is 0.454. The summed E-state index contributed by atoms with van der Waals surface area (Å²) in [5, 5.41) is 0. The molecule has 1 rings (SSSR count). The molecule has 0 bridgehead atoms. The average Bonchev–Trinajstić information content (AvgIpc) is 2.83. The van der Waals surface area contributed by atoms with Crippen LogP contribution in [0.2, 0.25) is 0 Å². The topological polar surface area (TPSA) is 35.5 Å². The van der Waals surface area contributed by atoms with Crippen molar-refractivity contribution >= 4 is 5.97 Å². The highest BCUT2D eigenvalue weighted by molar-refractivity contribution is 5.70. The molecule has 0 aromatic heterocycles. The zero-order valence-corrected chi connectivity index (χ0v) is 7.71. The summed E-state index contributed by atoms with van der Waals surface area (Å²) in [6.45, 7) is 2.27. The molecule has 0 N–H and O–H groups in total. The molecule has 0 radical (unpaired) electrons. The molecule has 70 valence electrons. The predicted molar refractivity (Wildman–Crippen MR) is 44.8 cm³/mol. The minimum absolute atomic E-state index is 0.0871. The van der Waals surface area contributed by atoms with Gasteiger partial charge in [-0.2, -0.15) is 0 Å². The van der Waals surface area contributed by atoms with Gasteiger partial charge in [0.15, 0.2) is 0 Å². The Bertz CT molecular complexity index is 152. The summed E-state index contributed by atoms with van der Waals surface area (Å²) in [5.41, 5.74) is 0. The van der Waals surface area contributed by atoms with Crippen LogP contribution < -0.4 is 0 Å². The number of esters is 1. The van der Waals surface area contributed by atoms with Gasteiger partial charge in [0.05, 0.1) is 19.1 Å². The van der Waals surface area contributed by atoms with Gasteiger partial charge in [-0.25, -0.2) is 0 Å². The highest BCUT2D eigenvalue weighted by Crippen LogP contribution is 2.35. The van der Waals surface area contributed by atoms with Crippen LogP contribution in [0.5, 0.6) is 0 Å². The first-order chi connectivity index (χ1) is 5.77. The van der Waals surface area contributed by atoms with E-state index in [1.54, 1.807) is 7.11 Å². The lowest BCUT2D eigenvalue weighted by Gasteiger charge is -2.12. The van der Waals surface area contributed by atoms with E-state index in [1.807, 2.05) is 6.92 Å². The van der Waals surface area contributed by atoms with Gasteiger partial charge in [0, 0.05) is 7.11 Å². The largest absolute Gasteiger partial charge is 0.466 e. The van der Waals surface area contributed by atoms with Gasteiger partial charge >= 0.3 is 5.97 Å². The van der Waals surface area contributed by atoms with Crippen LogP contribution in [0.1, 0.15) is 26.2 Å². The lowest BCUT2D eigenvalue weighted by Crippen LogP contribution is -2.19. The monoisotopic (exact) mass is 172 g/mol. The second kappa shape index (κ2) is 4.45. The van der Waals surface area contributed by atoms with Crippen LogP contribution >= 0.6 is 0 Å². The van der Waals surface area contributed by atoms with Gasteiger partial charge in [0.25, 0.3) is 0 Å². The van der Waals surface area contributed by atoms with Gasteiger partial charge in [-0.05, 0) is 25.7 Å². The predicted octanol–water partition coefficient (Wildman–Crippen LogP) is 1.36. The Morgan fingerprint density at radius 2 is 2.25 bits per heavy atom. The molecule has 1 fully saturated rings. The van der Waals surface area contributed by atoms with Crippen molar-refractivity contribution in [3.63, 3.8) is 0 Å². The molecule has 0 aromatic rings. The molecule has 0 amide bonds. The van der Waals surface area contributed by atoms with E-state index in [2.05, 4.69) is 0 Å². The lowest BCUT2D eigenvalue weighted by molar-refractivity contribution is -0.146. The van der Waals surface area contributed by atoms with Crippen LogP contribution in [0, 0.1) is 5.92 Å². The summed E-state index contributed by atoms with van der Waals surface area (Å²) < 4.78 is 10.0. The fraction of sp³-hybridized carbons (Fsp3) is 0.889. The first-order valence-electron chi connectivity index (χ1n) is 4.46. The maximum Gasteiger partial charge on any atom is 0.308 e. The molecular weight excluding hydrogens is 156 g/mol. The maximum atomic E-state index is 11.0. The van der Waals surface area contributed by atoms with Crippen LogP contribution in [0.15, 0.2) is 0 Å². The molecule has 0 heterocycles. The number of carbonyl (C=O) groups excluding carboxylic acids is 1. The first kappa shape index (κ1) is 9.52. The third-order valence-corrected chi connectivity index (χ3v) is 2.12. The number of methoxy groups -OCH3 is 1. The zero-order valence-electron chi connectivity index (χ0n) is 7.71. The van der Waals surface area contributed by atoms with Crippen molar-refractivity contribution in [2.45, 2.75) is 32.3 Å². The first-order valence-corrected chi connectivity index (χ1v) is 4.46. The number of carbonyl (C=O) groups is 1. The normalized spacial score (nSPS) is 18.8. The van der Waals surface area contributed by atoms with Crippen molar-refractivity contribution in [1.82, 2.24) is 0 Å². The second-order valence-corrected chi connectivity index (χ2v) is 3.12.